The maximum atomic E-state index is 12.7. The fourth-order valence-corrected chi connectivity index (χ4v) is 4.99. The summed E-state index contributed by atoms with van der Waals surface area (Å²) in [4.78, 5) is 24.8. The largest absolute Gasteiger partial charge is 0.488 e. The van der Waals surface area contributed by atoms with Gasteiger partial charge in [0, 0.05) is 20.7 Å². The van der Waals surface area contributed by atoms with Crippen LogP contribution >= 0.6 is 22.7 Å². The van der Waals surface area contributed by atoms with Gasteiger partial charge in [0.2, 0.25) is 0 Å². The number of fused-ring (bicyclic) bond motifs is 1. The van der Waals surface area contributed by atoms with Crippen LogP contribution in [0.2, 0.25) is 0 Å². The SMILES string of the molecule is Cc1ccc(-c2csc3nc(C[NH+](C)CCOc4ccccc4)[nH]c(=O)c23)s1. The number of thiophene rings is 2. The van der Waals surface area contributed by atoms with Crippen molar-refractivity contribution in [3.63, 3.8) is 0 Å². The summed E-state index contributed by atoms with van der Waals surface area (Å²) in [6.45, 7) is 4.15. The number of aromatic nitrogens is 2. The van der Waals surface area contributed by atoms with Gasteiger partial charge in [0.25, 0.3) is 5.56 Å². The second kappa shape index (κ2) is 8.26. The van der Waals surface area contributed by atoms with Gasteiger partial charge < -0.3 is 14.6 Å². The molecule has 0 amide bonds. The third-order valence-electron chi connectivity index (χ3n) is 4.51. The number of para-hydroxylation sites is 1. The summed E-state index contributed by atoms with van der Waals surface area (Å²) in [6.07, 6.45) is 0. The molecular formula is C21H22N3O2S2+. The molecule has 4 rings (SSSR count). The molecule has 1 aromatic carbocycles. The summed E-state index contributed by atoms with van der Waals surface area (Å²) < 4.78 is 5.75. The molecule has 0 saturated heterocycles. The quantitative estimate of drug-likeness (QED) is 0.490. The number of benzene rings is 1. The topological polar surface area (TPSA) is 59.4 Å². The molecule has 5 nitrogen and oxygen atoms in total. The number of nitrogens with one attached hydrogen (secondary N) is 2. The molecule has 0 bridgehead atoms. The minimum atomic E-state index is -0.0596. The molecule has 0 aliphatic heterocycles. The zero-order valence-electron chi connectivity index (χ0n) is 15.8. The fraction of sp³-hybridized carbons (Fsp3) is 0.238. The van der Waals surface area contributed by atoms with Gasteiger partial charge in [-0.2, -0.15) is 0 Å². The Balaban J connectivity index is 1.45. The lowest BCUT2D eigenvalue weighted by molar-refractivity contribution is -0.894. The smallest absolute Gasteiger partial charge is 0.260 e. The van der Waals surface area contributed by atoms with E-state index in [-0.39, 0.29) is 5.56 Å². The molecule has 0 spiro atoms. The highest BCUT2D eigenvalue weighted by molar-refractivity contribution is 7.19. The van der Waals surface area contributed by atoms with Crippen molar-refractivity contribution in [3.8, 4) is 16.2 Å². The first kappa shape index (κ1) is 18.9. The maximum absolute atomic E-state index is 12.7. The van der Waals surface area contributed by atoms with Crippen LogP contribution in [0.5, 0.6) is 5.75 Å². The molecule has 144 valence electrons. The van der Waals surface area contributed by atoms with E-state index in [9.17, 15) is 4.79 Å². The summed E-state index contributed by atoms with van der Waals surface area (Å²) in [6, 6.07) is 13.9. The van der Waals surface area contributed by atoms with Gasteiger partial charge >= 0.3 is 0 Å². The van der Waals surface area contributed by atoms with E-state index in [2.05, 4.69) is 31.1 Å². The molecule has 0 aliphatic carbocycles. The normalized spacial score (nSPS) is 12.4. The van der Waals surface area contributed by atoms with Crippen molar-refractivity contribution in [3.05, 3.63) is 68.9 Å². The van der Waals surface area contributed by atoms with Crippen molar-refractivity contribution < 1.29 is 9.64 Å². The standard InChI is InChI=1S/C21H21N3O2S2/c1-14-8-9-17(28-14)16-13-27-21-19(16)20(25)22-18(23-21)12-24(2)10-11-26-15-6-4-3-5-7-15/h3-9,13H,10-12H2,1-2H3,(H,22,23,25)/p+1. The van der Waals surface area contributed by atoms with Crippen LogP contribution in [0.25, 0.3) is 20.7 Å². The molecule has 4 aromatic rings. The first-order valence-electron chi connectivity index (χ1n) is 9.16. The van der Waals surface area contributed by atoms with Crippen LogP contribution < -0.4 is 15.2 Å². The van der Waals surface area contributed by atoms with Gasteiger partial charge in [-0.1, -0.05) is 18.2 Å². The van der Waals surface area contributed by atoms with Gasteiger partial charge in [-0.15, -0.1) is 22.7 Å². The molecule has 2 N–H and O–H groups in total. The Labute approximate surface area is 171 Å². The highest BCUT2D eigenvalue weighted by Crippen LogP contribution is 2.34. The van der Waals surface area contributed by atoms with Gasteiger partial charge in [-0.3, -0.25) is 4.79 Å². The van der Waals surface area contributed by atoms with Crippen LogP contribution in [-0.4, -0.2) is 30.2 Å². The third kappa shape index (κ3) is 4.16. The van der Waals surface area contributed by atoms with Gasteiger partial charge in [0.1, 0.15) is 30.3 Å². The number of aryl methyl sites for hydroxylation is 1. The average molecular weight is 413 g/mol. The average Bonchev–Trinajstić information content (AvgIpc) is 3.29. The first-order valence-corrected chi connectivity index (χ1v) is 10.9. The number of quaternary nitrogens is 1. The highest BCUT2D eigenvalue weighted by atomic mass is 32.1. The Hall–Kier alpha value is -2.48. The summed E-state index contributed by atoms with van der Waals surface area (Å²) >= 11 is 3.23. The molecule has 7 heteroatoms. The minimum absolute atomic E-state index is 0.0596. The van der Waals surface area contributed by atoms with Crippen molar-refractivity contribution in [2.75, 3.05) is 20.2 Å². The van der Waals surface area contributed by atoms with Crippen LogP contribution in [0.3, 0.4) is 0 Å². The van der Waals surface area contributed by atoms with Crippen LogP contribution in [0.1, 0.15) is 10.7 Å². The summed E-state index contributed by atoms with van der Waals surface area (Å²) in [5, 5.41) is 2.73. The summed E-state index contributed by atoms with van der Waals surface area (Å²) in [5.74, 6) is 1.59. The Morgan fingerprint density at radius 1 is 1.18 bits per heavy atom. The lowest BCUT2D eigenvalue weighted by atomic mass is 10.2. The Morgan fingerprint density at radius 3 is 2.75 bits per heavy atom. The van der Waals surface area contributed by atoms with E-state index in [4.69, 9.17) is 9.72 Å². The Kier molecular flexibility index (Phi) is 5.57. The monoisotopic (exact) mass is 412 g/mol. The first-order chi connectivity index (χ1) is 13.6. The van der Waals surface area contributed by atoms with E-state index in [1.807, 2.05) is 35.7 Å². The van der Waals surface area contributed by atoms with Crippen molar-refractivity contribution in [2.45, 2.75) is 13.5 Å². The molecule has 28 heavy (non-hydrogen) atoms. The molecule has 3 aromatic heterocycles. The number of aromatic amines is 1. The molecular weight excluding hydrogens is 390 g/mol. The molecule has 0 fully saturated rings. The zero-order chi connectivity index (χ0) is 19.5. The number of nitrogens with zero attached hydrogens (tertiary/aromatic N) is 1. The lowest BCUT2D eigenvalue weighted by Gasteiger charge is -2.14. The Morgan fingerprint density at radius 2 is 2.00 bits per heavy atom. The van der Waals surface area contributed by atoms with Crippen molar-refractivity contribution in [2.24, 2.45) is 0 Å². The lowest BCUT2D eigenvalue weighted by Crippen LogP contribution is -3.08. The van der Waals surface area contributed by atoms with E-state index in [0.717, 1.165) is 27.6 Å². The number of ether oxygens (including phenoxy) is 1. The predicted molar refractivity (Wildman–Crippen MR) is 116 cm³/mol. The van der Waals surface area contributed by atoms with Crippen LogP contribution in [0, 0.1) is 6.92 Å². The number of H-pyrrole nitrogens is 1. The molecule has 1 atom stereocenters. The Bertz CT molecular complexity index is 1130. The number of hydrogen-bond donors (Lipinski definition) is 2. The van der Waals surface area contributed by atoms with Gasteiger partial charge in [0.15, 0.2) is 5.82 Å². The second-order valence-corrected chi connectivity index (χ2v) is 8.94. The van der Waals surface area contributed by atoms with Crippen LogP contribution in [0.15, 0.2) is 52.6 Å². The van der Waals surface area contributed by atoms with E-state index >= 15 is 0 Å². The molecule has 3 heterocycles. The minimum Gasteiger partial charge on any atom is -0.488 e. The van der Waals surface area contributed by atoms with Crippen molar-refractivity contribution in [1.82, 2.24) is 9.97 Å². The molecule has 1 unspecified atom stereocenters. The molecule has 0 saturated carbocycles. The highest BCUT2D eigenvalue weighted by Gasteiger charge is 2.15. The van der Waals surface area contributed by atoms with Crippen molar-refractivity contribution >= 4 is 32.9 Å². The van der Waals surface area contributed by atoms with Gasteiger partial charge in [-0.25, -0.2) is 4.98 Å². The number of hydrogen-bond acceptors (Lipinski definition) is 5. The van der Waals surface area contributed by atoms with E-state index in [1.54, 1.807) is 11.3 Å². The van der Waals surface area contributed by atoms with Crippen molar-refractivity contribution in [1.29, 1.82) is 0 Å². The van der Waals surface area contributed by atoms with E-state index < -0.39 is 0 Å². The summed E-state index contributed by atoms with van der Waals surface area (Å²) in [7, 11) is 2.08. The van der Waals surface area contributed by atoms with E-state index in [0.29, 0.717) is 24.4 Å². The maximum Gasteiger partial charge on any atom is 0.260 e. The fourth-order valence-electron chi connectivity index (χ4n) is 3.07. The molecule has 0 radical (unpaired) electrons. The molecule has 0 aliphatic rings. The van der Waals surface area contributed by atoms with Crippen LogP contribution in [0.4, 0.5) is 0 Å². The third-order valence-corrected chi connectivity index (χ3v) is 6.42. The number of rotatable bonds is 7. The summed E-state index contributed by atoms with van der Waals surface area (Å²) in [5.41, 5.74) is 0.922. The van der Waals surface area contributed by atoms with Gasteiger partial charge in [0.05, 0.1) is 12.4 Å². The second-order valence-electron chi connectivity index (χ2n) is 6.80. The van der Waals surface area contributed by atoms with E-state index in [1.165, 1.54) is 21.1 Å². The number of likely N-dealkylation sites (N-methyl/N-ethyl adjacent to an activating group) is 1. The predicted octanol–water partition coefficient (Wildman–Crippen LogP) is 3.12. The van der Waals surface area contributed by atoms with Crippen LogP contribution in [-0.2, 0) is 6.54 Å². The van der Waals surface area contributed by atoms with Gasteiger partial charge in [-0.05, 0) is 31.2 Å². The zero-order valence-corrected chi connectivity index (χ0v) is 17.5.